The molecule has 0 atom stereocenters. The van der Waals surface area contributed by atoms with Gasteiger partial charge >= 0.3 is 0 Å². The molecule has 2 aromatic carbocycles. The summed E-state index contributed by atoms with van der Waals surface area (Å²) in [6, 6.07) is 12.6. The molecule has 0 spiro atoms. The summed E-state index contributed by atoms with van der Waals surface area (Å²) in [5.74, 6) is -0.0965. The molecule has 0 aliphatic rings. The third-order valence-corrected chi connectivity index (χ3v) is 2.84. The van der Waals surface area contributed by atoms with Gasteiger partial charge in [0.15, 0.2) is 0 Å². The Morgan fingerprint density at radius 2 is 1.74 bits per heavy atom. The number of halogens is 2. The molecule has 0 aliphatic carbocycles. The average molecular weight is 317 g/mol. The molecule has 0 saturated heterocycles. The lowest BCUT2D eigenvalue weighted by molar-refractivity contribution is 0.475. The second-order valence-electron chi connectivity index (χ2n) is 3.61. The number of rotatable bonds is 2. The van der Waals surface area contributed by atoms with E-state index in [2.05, 4.69) is 15.9 Å². The lowest BCUT2D eigenvalue weighted by Crippen LogP contribution is -1.90. The Hall–Kier alpha value is -2.37. The van der Waals surface area contributed by atoms with Crippen LogP contribution in [0.4, 0.5) is 4.39 Å². The fourth-order valence-corrected chi connectivity index (χ4v) is 1.82. The van der Waals surface area contributed by atoms with E-state index in [1.807, 2.05) is 6.07 Å². The van der Waals surface area contributed by atoms with Gasteiger partial charge in [-0.2, -0.15) is 10.5 Å². The molecule has 19 heavy (non-hydrogen) atoms. The van der Waals surface area contributed by atoms with Gasteiger partial charge in [0.1, 0.15) is 29.5 Å². The van der Waals surface area contributed by atoms with Crippen LogP contribution in [0.15, 0.2) is 40.9 Å². The van der Waals surface area contributed by atoms with E-state index in [1.165, 1.54) is 12.1 Å². The number of hydrogen-bond acceptors (Lipinski definition) is 3. The van der Waals surface area contributed by atoms with Crippen LogP contribution in [0.5, 0.6) is 11.5 Å². The van der Waals surface area contributed by atoms with E-state index < -0.39 is 5.82 Å². The molecule has 0 heterocycles. The first kappa shape index (κ1) is 13.1. The minimum atomic E-state index is -0.657. The van der Waals surface area contributed by atoms with Crippen molar-refractivity contribution in [3.63, 3.8) is 0 Å². The van der Waals surface area contributed by atoms with Gasteiger partial charge in [0, 0.05) is 10.5 Å². The smallest absolute Gasteiger partial charge is 0.145 e. The lowest BCUT2D eigenvalue weighted by Gasteiger charge is -2.08. The van der Waals surface area contributed by atoms with Crippen molar-refractivity contribution in [3.8, 4) is 23.6 Å². The van der Waals surface area contributed by atoms with Crippen LogP contribution in [-0.2, 0) is 0 Å². The van der Waals surface area contributed by atoms with Crippen LogP contribution in [0.25, 0.3) is 0 Å². The minimum Gasteiger partial charge on any atom is -0.456 e. The van der Waals surface area contributed by atoms with Gasteiger partial charge in [0.25, 0.3) is 0 Å². The summed E-state index contributed by atoms with van der Waals surface area (Å²) < 4.78 is 19.6. The van der Waals surface area contributed by atoms with E-state index in [9.17, 15) is 4.39 Å². The Morgan fingerprint density at radius 3 is 2.37 bits per heavy atom. The van der Waals surface area contributed by atoms with Crippen LogP contribution in [0.3, 0.4) is 0 Å². The fraction of sp³-hybridized carbons (Fsp3) is 0. The monoisotopic (exact) mass is 316 g/mol. The molecular formula is C14H6BrFN2O. The summed E-state index contributed by atoms with van der Waals surface area (Å²) in [6.07, 6.45) is 0. The molecule has 92 valence electrons. The molecule has 0 bridgehead atoms. The summed E-state index contributed by atoms with van der Waals surface area (Å²) >= 11 is 3.25. The summed E-state index contributed by atoms with van der Waals surface area (Å²) in [6.45, 7) is 0. The molecule has 2 rings (SSSR count). The van der Waals surface area contributed by atoms with E-state index in [0.29, 0.717) is 11.3 Å². The number of nitrogens with zero attached hydrogens (tertiary/aromatic N) is 2. The van der Waals surface area contributed by atoms with Gasteiger partial charge < -0.3 is 4.74 Å². The second kappa shape index (κ2) is 5.51. The van der Waals surface area contributed by atoms with Crippen LogP contribution in [0, 0.1) is 28.5 Å². The number of nitriles is 2. The van der Waals surface area contributed by atoms with Crippen molar-refractivity contribution >= 4 is 15.9 Å². The van der Waals surface area contributed by atoms with Gasteiger partial charge in [0.2, 0.25) is 0 Å². The molecule has 0 aliphatic heterocycles. The van der Waals surface area contributed by atoms with Crippen molar-refractivity contribution < 1.29 is 9.13 Å². The summed E-state index contributed by atoms with van der Waals surface area (Å²) in [5, 5.41) is 17.6. The lowest BCUT2D eigenvalue weighted by atomic mass is 10.2. The van der Waals surface area contributed by atoms with Crippen molar-refractivity contribution in [1.82, 2.24) is 0 Å². The van der Waals surface area contributed by atoms with Crippen molar-refractivity contribution in [1.29, 1.82) is 10.5 Å². The third kappa shape index (κ3) is 2.90. The average Bonchev–Trinajstić information content (AvgIpc) is 2.41. The highest BCUT2D eigenvalue weighted by molar-refractivity contribution is 9.10. The minimum absolute atomic E-state index is 0.0522. The van der Waals surface area contributed by atoms with E-state index in [0.717, 1.165) is 10.5 Å². The fourth-order valence-electron chi connectivity index (χ4n) is 1.46. The van der Waals surface area contributed by atoms with E-state index in [1.54, 1.807) is 24.3 Å². The Labute approximate surface area is 117 Å². The maximum Gasteiger partial charge on any atom is 0.145 e. The van der Waals surface area contributed by atoms with E-state index in [4.69, 9.17) is 15.3 Å². The first-order valence-corrected chi connectivity index (χ1v) is 6.00. The normalized spacial score (nSPS) is 9.47. The standard InChI is InChI=1S/C14H6BrFN2O/c15-11-2-4-14(10(5-11)8-18)19-12-3-1-9(7-17)13(16)6-12/h1-6H. The van der Waals surface area contributed by atoms with Crippen LogP contribution in [0.2, 0.25) is 0 Å². The van der Waals surface area contributed by atoms with Crippen LogP contribution in [-0.4, -0.2) is 0 Å². The maximum atomic E-state index is 13.4. The zero-order valence-corrected chi connectivity index (χ0v) is 11.1. The summed E-state index contributed by atoms with van der Waals surface area (Å²) in [7, 11) is 0. The first-order valence-electron chi connectivity index (χ1n) is 5.21. The largest absolute Gasteiger partial charge is 0.456 e. The third-order valence-electron chi connectivity index (χ3n) is 2.35. The predicted molar refractivity (Wildman–Crippen MR) is 70.0 cm³/mol. The van der Waals surface area contributed by atoms with Gasteiger partial charge in [-0.25, -0.2) is 4.39 Å². The molecule has 0 unspecified atom stereocenters. The quantitative estimate of drug-likeness (QED) is 0.837. The van der Waals surface area contributed by atoms with Crippen molar-refractivity contribution in [3.05, 3.63) is 57.8 Å². The summed E-state index contributed by atoms with van der Waals surface area (Å²) in [4.78, 5) is 0. The molecule has 0 radical (unpaired) electrons. The Morgan fingerprint density at radius 1 is 1.00 bits per heavy atom. The van der Waals surface area contributed by atoms with E-state index >= 15 is 0 Å². The number of hydrogen-bond donors (Lipinski definition) is 0. The molecule has 3 nitrogen and oxygen atoms in total. The van der Waals surface area contributed by atoms with Crippen LogP contribution < -0.4 is 4.74 Å². The van der Waals surface area contributed by atoms with Gasteiger partial charge in [-0.15, -0.1) is 0 Å². The van der Waals surface area contributed by atoms with Gasteiger partial charge in [0.05, 0.1) is 11.1 Å². The highest BCUT2D eigenvalue weighted by Gasteiger charge is 2.08. The molecule has 5 heteroatoms. The SMILES string of the molecule is N#Cc1ccc(Oc2ccc(Br)cc2C#N)cc1F. The number of benzene rings is 2. The van der Waals surface area contributed by atoms with Crippen LogP contribution in [0.1, 0.15) is 11.1 Å². The maximum absolute atomic E-state index is 13.4. The molecular weight excluding hydrogens is 311 g/mol. The van der Waals surface area contributed by atoms with Gasteiger partial charge in [-0.3, -0.25) is 0 Å². The Balaban J connectivity index is 2.35. The number of ether oxygens (including phenoxy) is 1. The second-order valence-corrected chi connectivity index (χ2v) is 4.52. The molecule has 0 N–H and O–H groups in total. The molecule has 2 aromatic rings. The van der Waals surface area contributed by atoms with Crippen molar-refractivity contribution in [2.45, 2.75) is 0 Å². The van der Waals surface area contributed by atoms with Gasteiger partial charge in [-0.05, 0) is 30.3 Å². The van der Waals surface area contributed by atoms with Crippen molar-refractivity contribution in [2.24, 2.45) is 0 Å². The first-order chi connectivity index (χ1) is 9.13. The summed E-state index contributed by atoms with van der Waals surface area (Å²) in [5.41, 5.74) is 0.280. The zero-order chi connectivity index (χ0) is 13.8. The highest BCUT2D eigenvalue weighted by atomic mass is 79.9. The molecule has 0 aromatic heterocycles. The van der Waals surface area contributed by atoms with Gasteiger partial charge in [-0.1, -0.05) is 15.9 Å². The van der Waals surface area contributed by atoms with Crippen LogP contribution >= 0.6 is 15.9 Å². The van der Waals surface area contributed by atoms with Crippen molar-refractivity contribution in [2.75, 3.05) is 0 Å². The predicted octanol–water partition coefficient (Wildman–Crippen LogP) is 4.12. The van der Waals surface area contributed by atoms with E-state index in [-0.39, 0.29) is 11.3 Å². The topological polar surface area (TPSA) is 56.8 Å². The zero-order valence-electron chi connectivity index (χ0n) is 9.52. The molecule has 0 fully saturated rings. The Kier molecular flexibility index (Phi) is 3.79. The molecule has 0 amide bonds. The highest BCUT2D eigenvalue weighted by Crippen LogP contribution is 2.28. The Bertz CT molecular complexity index is 716. The molecule has 0 saturated carbocycles.